The van der Waals surface area contributed by atoms with Gasteiger partial charge in [-0.15, -0.1) is 0 Å². The second-order valence-electron chi connectivity index (χ2n) is 14.1. The number of amides is 2. The first-order chi connectivity index (χ1) is 21.8. The van der Waals surface area contributed by atoms with E-state index in [1.54, 1.807) is 0 Å². The van der Waals surface area contributed by atoms with E-state index in [2.05, 4.69) is 49.1 Å². The molecule has 6 heteroatoms. The Labute approximate surface area is 271 Å². The topological polar surface area (TPSA) is 56.2 Å². The first-order valence-electron chi connectivity index (χ1n) is 15.9. The smallest absolute Gasteiger partial charge is 0.243 e. The average Bonchev–Trinajstić information content (AvgIpc) is 3.31. The first kappa shape index (κ1) is 29.7. The number of aryl methyl sites for hydroxylation is 4. The number of benzene rings is 4. The molecule has 46 heavy (non-hydrogen) atoms. The van der Waals surface area contributed by atoms with Crippen LogP contribution in [0.25, 0.3) is 0 Å². The Morgan fingerprint density at radius 2 is 1.13 bits per heavy atom. The van der Waals surface area contributed by atoms with Gasteiger partial charge in [0, 0.05) is 16.9 Å². The molecule has 2 fully saturated rings. The number of hydrogen-bond acceptors (Lipinski definition) is 4. The fourth-order valence-corrected chi connectivity index (χ4v) is 7.00. The van der Waals surface area contributed by atoms with Crippen molar-refractivity contribution in [1.82, 2.24) is 0 Å². The van der Waals surface area contributed by atoms with Crippen LogP contribution in [0.15, 0.2) is 107 Å². The number of anilines is 3. The Hall–Kier alpha value is -4.97. The molecular weight excluding hydrogens is 568 g/mol. The highest BCUT2D eigenvalue weighted by Gasteiger charge is 2.62. The maximum atomic E-state index is 14.0. The molecule has 3 aliphatic heterocycles. The lowest BCUT2D eigenvalue weighted by atomic mass is 9.74. The summed E-state index contributed by atoms with van der Waals surface area (Å²) in [5.74, 6) is 0.0857. The van der Waals surface area contributed by atoms with Crippen LogP contribution in [0, 0.1) is 38.5 Å². The summed E-state index contributed by atoms with van der Waals surface area (Å²) < 4.78 is 0. The van der Waals surface area contributed by atoms with Gasteiger partial charge in [-0.3, -0.25) is 19.4 Å². The SMILES string of the molecule is Cc1ccc(N=C2/C(=C3\N(c4ccc(C)cc4)C(=O)C3(C)C)N(C3N(c4ccc(C)cc4)C(=O)C3(C)C)c3ccc(C)cc32)cc1. The number of nitrogens with zero attached hydrogens (tertiary/aromatic N) is 4. The zero-order chi connectivity index (χ0) is 32.7. The van der Waals surface area contributed by atoms with Gasteiger partial charge in [-0.2, -0.15) is 0 Å². The lowest BCUT2D eigenvalue weighted by molar-refractivity contribution is -0.137. The maximum absolute atomic E-state index is 14.0. The van der Waals surface area contributed by atoms with Crippen molar-refractivity contribution in [3.05, 3.63) is 130 Å². The molecule has 0 radical (unpaired) electrons. The second-order valence-corrected chi connectivity index (χ2v) is 14.1. The van der Waals surface area contributed by atoms with Gasteiger partial charge in [-0.05, 0) is 104 Å². The van der Waals surface area contributed by atoms with E-state index in [1.807, 2.05) is 112 Å². The van der Waals surface area contributed by atoms with Crippen molar-refractivity contribution < 1.29 is 9.59 Å². The summed E-state index contributed by atoms with van der Waals surface area (Å²) >= 11 is 0. The van der Waals surface area contributed by atoms with Crippen molar-refractivity contribution in [2.24, 2.45) is 15.8 Å². The van der Waals surface area contributed by atoms with Crippen molar-refractivity contribution in [3.8, 4) is 0 Å². The molecule has 7 rings (SSSR count). The number of rotatable bonds is 4. The van der Waals surface area contributed by atoms with E-state index in [0.29, 0.717) is 0 Å². The third-order valence-electron chi connectivity index (χ3n) is 9.69. The Morgan fingerprint density at radius 1 is 0.609 bits per heavy atom. The van der Waals surface area contributed by atoms with Crippen molar-refractivity contribution in [3.63, 3.8) is 0 Å². The Bertz CT molecular complexity index is 1970. The molecule has 0 N–H and O–H groups in total. The molecule has 0 aromatic heterocycles. The lowest BCUT2D eigenvalue weighted by Gasteiger charge is -2.58. The van der Waals surface area contributed by atoms with Gasteiger partial charge in [0.2, 0.25) is 11.8 Å². The number of hydrogen-bond donors (Lipinski definition) is 0. The summed E-state index contributed by atoms with van der Waals surface area (Å²) in [4.78, 5) is 39.3. The summed E-state index contributed by atoms with van der Waals surface area (Å²) in [5, 5.41) is 0. The van der Waals surface area contributed by atoms with E-state index in [0.717, 1.165) is 67.7 Å². The molecule has 3 aliphatic rings. The Morgan fingerprint density at radius 3 is 1.72 bits per heavy atom. The third kappa shape index (κ3) is 4.34. The molecule has 3 heterocycles. The highest BCUT2D eigenvalue weighted by atomic mass is 16.2. The van der Waals surface area contributed by atoms with Crippen molar-refractivity contribution >= 4 is 40.3 Å². The van der Waals surface area contributed by atoms with Crippen LogP contribution in [0.5, 0.6) is 0 Å². The minimum Gasteiger partial charge on any atom is -0.315 e. The standard InChI is InChI=1S/C40H40N4O2/c1-24-9-16-28(17-10-24)41-33-31-23-27(4)15-22-32(31)44(36-40(7,8)38(46)43(36)30-20-13-26(3)14-21-30)34(33)35-39(5,6)37(45)42(35)29-18-11-25(2)12-19-29/h9-23,36H,1-8H3/b35-34+,41-33?. The normalized spacial score (nSPS) is 22.2. The molecular formula is C40H40N4O2. The minimum absolute atomic E-state index is 0.0277. The fourth-order valence-electron chi connectivity index (χ4n) is 7.00. The molecule has 0 bridgehead atoms. The van der Waals surface area contributed by atoms with Crippen LogP contribution in [0.3, 0.4) is 0 Å². The number of fused-ring (bicyclic) bond motifs is 1. The van der Waals surface area contributed by atoms with Crippen LogP contribution in [-0.2, 0) is 9.59 Å². The van der Waals surface area contributed by atoms with Crippen LogP contribution in [0.2, 0.25) is 0 Å². The van der Waals surface area contributed by atoms with E-state index >= 15 is 0 Å². The first-order valence-corrected chi connectivity index (χ1v) is 15.9. The minimum atomic E-state index is -0.795. The van der Waals surface area contributed by atoms with Crippen LogP contribution in [-0.4, -0.2) is 23.7 Å². The molecule has 0 spiro atoms. The molecule has 4 aromatic carbocycles. The summed E-state index contributed by atoms with van der Waals surface area (Å²) in [6.45, 7) is 16.3. The van der Waals surface area contributed by atoms with E-state index in [-0.39, 0.29) is 18.0 Å². The van der Waals surface area contributed by atoms with E-state index in [1.165, 1.54) is 0 Å². The summed E-state index contributed by atoms with van der Waals surface area (Å²) in [6, 6.07) is 30.8. The van der Waals surface area contributed by atoms with Gasteiger partial charge in [-0.25, -0.2) is 4.99 Å². The second kappa shape index (κ2) is 10.3. The largest absolute Gasteiger partial charge is 0.315 e. The third-order valence-corrected chi connectivity index (χ3v) is 9.69. The highest BCUT2D eigenvalue weighted by molar-refractivity contribution is 6.27. The van der Waals surface area contributed by atoms with Gasteiger partial charge in [-0.1, -0.05) is 64.7 Å². The van der Waals surface area contributed by atoms with E-state index < -0.39 is 10.8 Å². The van der Waals surface area contributed by atoms with Gasteiger partial charge in [0.25, 0.3) is 0 Å². The molecule has 2 amide bonds. The number of allylic oxidation sites excluding steroid dienone is 1. The molecule has 0 aliphatic carbocycles. The zero-order valence-electron chi connectivity index (χ0n) is 27.8. The molecule has 0 saturated carbocycles. The van der Waals surface area contributed by atoms with Crippen LogP contribution < -0.4 is 14.7 Å². The van der Waals surface area contributed by atoms with Crippen molar-refractivity contribution in [1.29, 1.82) is 0 Å². The van der Waals surface area contributed by atoms with Gasteiger partial charge < -0.3 is 4.90 Å². The quantitative estimate of drug-likeness (QED) is 0.218. The van der Waals surface area contributed by atoms with Gasteiger partial charge in [0.1, 0.15) is 6.17 Å². The highest BCUT2D eigenvalue weighted by Crippen LogP contribution is 2.55. The molecule has 1 atom stereocenters. The summed E-state index contributed by atoms with van der Waals surface area (Å²) in [5.41, 5.74) is 10.0. The van der Waals surface area contributed by atoms with Gasteiger partial charge in [0.05, 0.1) is 39.3 Å². The van der Waals surface area contributed by atoms with Crippen molar-refractivity contribution in [2.75, 3.05) is 14.7 Å². The van der Waals surface area contributed by atoms with Gasteiger partial charge >= 0.3 is 0 Å². The molecule has 4 aromatic rings. The van der Waals surface area contributed by atoms with Crippen LogP contribution in [0.4, 0.5) is 22.7 Å². The fraction of sp³-hybridized carbons (Fsp3) is 0.275. The Balaban J connectivity index is 1.54. The van der Waals surface area contributed by atoms with Crippen molar-refractivity contribution in [2.45, 2.75) is 61.6 Å². The summed E-state index contributed by atoms with van der Waals surface area (Å²) in [7, 11) is 0. The Kier molecular flexibility index (Phi) is 6.64. The predicted molar refractivity (Wildman–Crippen MR) is 187 cm³/mol. The summed E-state index contributed by atoms with van der Waals surface area (Å²) in [6.07, 6.45) is -0.358. The van der Waals surface area contributed by atoms with Crippen LogP contribution >= 0.6 is 0 Å². The molecule has 6 nitrogen and oxygen atoms in total. The lowest BCUT2D eigenvalue weighted by Crippen LogP contribution is -2.73. The monoisotopic (exact) mass is 608 g/mol. The molecule has 2 saturated heterocycles. The predicted octanol–water partition coefficient (Wildman–Crippen LogP) is 8.54. The number of carbonyl (C=O) groups excluding carboxylic acids is 2. The number of carbonyl (C=O) groups is 2. The zero-order valence-corrected chi connectivity index (χ0v) is 27.8. The average molecular weight is 609 g/mol. The van der Waals surface area contributed by atoms with E-state index in [4.69, 9.17) is 4.99 Å². The van der Waals surface area contributed by atoms with Gasteiger partial charge in [0.15, 0.2) is 0 Å². The number of β-lactam (4-membered cyclic amide) rings is 2. The molecule has 232 valence electrons. The number of aliphatic imine (C=N–C) groups is 1. The van der Waals surface area contributed by atoms with E-state index in [9.17, 15) is 9.59 Å². The maximum Gasteiger partial charge on any atom is 0.243 e. The molecule has 1 unspecified atom stereocenters. The van der Waals surface area contributed by atoms with Crippen LogP contribution in [0.1, 0.15) is 55.5 Å².